The maximum atomic E-state index is 14.0. The molecule has 4 nitrogen and oxygen atoms in total. The Morgan fingerprint density at radius 3 is 3.21 bits per heavy atom. The zero-order valence-electron chi connectivity index (χ0n) is 10.3. The second-order valence-electron chi connectivity index (χ2n) is 4.56. The fourth-order valence-corrected chi connectivity index (χ4v) is 2.47. The van der Waals surface area contributed by atoms with Crippen LogP contribution < -0.4 is 0 Å². The quantitative estimate of drug-likeness (QED) is 0.813. The Balaban J connectivity index is 1.95. The van der Waals surface area contributed by atoms with Crippen LogP contribution in [-0.4, -0.2) is 22.0 Å². The van der Waals surface area contributed by atoms with E-state index in [1.165, 1.54) is 12.4 Å². The number of hydrogen-bond acceptors (Lipinski definition) is 3. The molecule has 1 saturated carbocycles. The van der Waals surface area contributed by atoms with E-state index in [-0.39, 0.29) is 22.8 Å². The molecule has 0 bridgehead atoms. The minimum absolute atomic E-state index is 0.0579. The molecule has 2 heterocycles. The van der Waals surface area contributed by atoms with Crippen molar-refractivity contribution in [3.63, 3.8) is 0 Å². The van der Waals surface area contributed by atoms with E-state index in [9.17, 15) is 9.18 Å². The molecule has 0 aliphatic heterocycles. The third kappa shape index (κ3) is 1.98. The van der Waals surface area contributed by atoms with E-state index >= 15 is 0 Å². The summed E-state index contributed by atoms with van der Waals surface area (Å²) in [6.45, 7) is 2.12. The summed E-state index contributed by atoms with van der Waals surface area (Å²) >= 11 is 5.78. The molecule has 1 fully saturated rings. The van der Waals surface area contributed by atoms with Crippen molar-refractivity contribution in [1.29, 1.82) is 0 Å². The lowest BCUT2D eigenvalue weighted by atomic mass is 10.2. The van der Waals surface area contributed by atoms with Crippen molar-refractivity contribution in [2.24, 2.45) is 5.92 Å². The monoisotopic (exact) mass is 282 g/mol. The Kier molecular flexibility index (Phi) is 2.93. The Morgan fingerprint density at radius 2 is 2.47 bits per heavy atom. The molecule has 2 aromatic rings. The molecule has 2 aromatic heterocycles. The lowest BCUT2D eigenvalue weighted by Crippen LogP contribution is -2.07. The Bertz CT molecular complexity index is 655. The first-order valence-electron chi connectivity index (χ1n) is 6.10. The summed E-state index contributed by atoms with van der Waals surface area (Å²) in [5.41, 5.74) is 0.933. The number of pyridine rings is 1. The van der Waals surface area contributed by atoms with Gasteiger partial charge < -0.3 is 9.14 Å². The molecule has 1 aliphatic carbocycles. The number of hydrogen-bond donors (Lipinski definition) is 0. The number of esters is 1. The Hall–Kier alpha value is -1.62. The predicted octanol–water partition coefficient (Wildman–Crippen LogP) is 2.79. The van der Waals surface area contributed by atoms with Crippen LogP contribution in [0.1, 0.15) is 25.0 Å². The highest BCUT2D eigenvalue weighted by atomic mass is 35.5. The zero-order chi connectivity index (χ0) is 13.6. The number of carbonyl (C=O) groups excluding carboxylic acids is 1. The standard InChI is InChI=1S/C13H12ClFN2O2/c1-2-19-13(18)8-5-7(8)11-12-10(15)9(14)3-4-17(12)6-16-11/h3-4,6-8H,2,5H2,1H3/t7?,8-/m0/s1. The maximum Gasteiger partial charge on any atom is 0.309 e. The molecule has 100 valence electrons. The summed E-state index contributed by atoms with van der Waals surface area (Å²) in [4.78, 5) is 15.8. The van der Waals surface area contributed by atoms with Gasteiger partial charge in [-0.2, -0.15) is 0 Å². The number of aromatic nitrogens is 2. The molecule has 0 aromatic carbocycles. The molecular weight excluding hydrogens is 271 g/mol. The molecule has 1 aliphatic rings. The number of ether oxygens (including phenoxy) is 1. The van der Waals surface area contributed by atoms with Crippen molar-refractivity contribution >= 4 is 23.1 Å². The zero-order valence-corrected chi connectivity index (χ0v) is 11.0. The van der Waals surface area contributed by atoms with Crippen LogP contribution in [0.5, 0.6) is 0 Å². The van der Waals surface area contributed by atoms with Gasteiger partial charge in [-0.25, -0.2) is 9.37 Å². The SMILES string of the molecule is CCOC(=O)[C@H]1CC1c1ncn2ccc(Cl)c(F)c12. The topological polar surface area (TPSA) is 43.6 Å². The van der Waals surface area contributed by atoms with Gasteiger partial charge in [-0.3, -0.25) is 4.79 Å². The smallest absolute Gasteiger partial charge is 0.309 e. The second-order valence-corrected chi connectivity index (χ2v) is 4.97. The van der Waals surface area contributed by atoms with Gasteiger partial charge in [0.25, 0.3) is 0 Å². The van der Waals surface area contributed by atoms with Crippen molar-refractivity contribution in [1.82, 2.24) is 9.38 Å². The van der Waals surface area contributed by atoms with E-state index in [0.717, 1.165) is 0 Å². The largest absolute Gasteiger partial charge is 0.466 e. The van der Waals surface area contributed by atoms with Gasteiger partial charge in [0.2, 0.25) is 0 Å². The molecule has 1 unspecified atom stereocenters. The first-order valence-corrected chi connectivity index (χ1v) is 6.48. The number of nitrogens with zero attached hydrogens (tertiary/aromatic N) is 2. The Morgan fingerprint density at radius 1 is 1.68 bits per heavy atom. The van der Waals surface area contributed by atoms with Crippen LogP contribution in [0.2, 0.25) is 5.02 Å². The molecule has 0 radical (unpaired) electrons. The van der Waals surface area contributed by atoms with Crippen molar-refractivity contribution < 1.29 is 13.9 Å². The normalized spacial score (nSPS) is 21.6. The van der Waals surface area contributed by atoms with Crippen molar-refractivity contribution in [2.45, 2.75) is 19.3 Å². The van der Waals surface area contributed by atoms with Gasteiger partial charge in [-0.15, -0.1) is 0 Å². The molecule has 19 heavy (non-hydrogen) atoms. The Labute approximate surface area is 114 Å². The summed E-state index contributed by atoms with van der Waals surface area (Å²) in [7, 11) is 0. The molecule has 3 rings (SSSR count). The third-order valence-corrected chi connectivity index (χ3v) is 3.64. The average Bonchev–Trinajstić information content (AvgIpc) is 3.07. The van der Waals surface area contributed by atoms with Gasteiger partial charge in [0.15, 0.2) is 5.82 Å². The van der Waals surface area contributed by atoms with Gasteiger partial charge in [0.05, 0.1) is 29.6 Å². The van der Waals surface area contributed by atoms with E-state index in [1.807, 2.05) is 0 Å². The molecular formula is C13H12ClFN2O2. The van der Waals surface area contributed by atoms with Crippen LogP contribution in [0.25, 0.3) is 5.52 Å². The highest BCUT2D eigenvalue weighted by Crippen LogP contribution is 2.49. The van der Waals surface area contributed by atoms with E-state index < -0.39 is 5.82 Å². The predicted molar refractivity (Wildman–Crippen MR) is 67.6 cm³/mol. The molecule has 0 amide bonds. The number of fused-ring (bicyclic) bond motifs is 1. The van der Waals surface area contributed by atoms with E-state index in [0.29, 0.717) is 24.2 Å². The van der Waals surface area contributed by atoms with Crippen LogP contribution >= 0.6 is 11.6 Å². The summed E-state index contributed by atoms with van der Waals surface area (Å²) in [5.74, 6) is -1.02. The molecule has 2 atom stereocenters. The first kappa shape index (κ1) is 12.4. The van der Waals surface area contributed by atoms with Crippen LogP contribution in [-0.2, 0) is 9.53 Å². The minimum atomic E-state index is -0.494. The van der Waals surface area contributed by atoms with Crippen LogP contribution in [0.3, 0.4) is 0 Å². The molecule has 0 saturated heterocycles. The minimum Gasteiger partial charge on any atom is -0.466 e. The van der Waals surface area contributed by atoms with Crippen LogP contribution in [0.15, 0.2) is 18.6 Å². The van der Waals surface area contributed by atoms with Crippen LogP contribution in [0.4, 0.5) is 4.39 Å². The number of imidazole rings is 1. The second kappa shape index (κ2) is 4.49. The van der Waals surface area contributed by atoms with Gasteiger partial charge in [-0.05, 0) is 19.4 Å². The fraction of sp³-hybridized carbons (Fsp3) is 0.385. The highest BCUT2D eigenvalue weighted by Gasteiger charge is 2.47. The van der Waals surface area contributed by atoms with E-state index in [2.05, 4.69) is 4.98 Å². The average molecular weight is 283 g/mol. The highest BCUT2D eigenvalue weighted by molar-refractivity contribution is 6.31. The van der Waals surface area contributed by atoms with Crippen molar-refractivity contribution in [3.05, 3.63) is 35.1 Å². The summed E-state index contributed by atoms with van der Waals surface area (Å²) in [6, 6.07) is 1.48. The van der Waals surface area contributed by atoms with E-state index in [1.54, 1.807) is 17.5 Å². The van der Waals surface area contributed by atoms with Crippen LogP contribution in [0, 0.1) is 11.7 Å². The van der Waals surface area contributed by atoms with E-state index in [4.69, 9.17) is 16.3 Å². The van der Waals surface area contributed by atoms with Crippen molar-refractivity contribution in [3.8, 4) is 0 Å². The van der Waals surface area contributed by atoms with Gasteiger partial charge >= 0.3 is 5.97 Å². The van der Waals surface area contributed by atoms with Gasteiger partial charge in [0.1, 0.15) is 5.52 Å². The lowest BCUT2D eigenvalue weighted by Gasteiger charge is -2.02. The first-order chi connectivity index (χ1) is 9.13. The third-order valence-electron chi connectivity index (χ3n) is 3.35. The number of carbonyl (C=O) groups is 1. The van der Waals surface area contributed by atoms with Crippen molar-refractivity contribution in [2.75, 3.05) is 6.61 Å². The number of rotatable bonds is 3. The van der Waals surface area contributed by atoms with Gasteiger partial charge in [-0.1, -0.05) is 11.6 Å². The lowest BCUT2D eigenvalue weighted by molar-refractivity contribution is -0.144. The summed E-state index contributed by atoms with van der Waals surface area (Å²) < 4.78 is 20.6. The molecule has 6 heteroatoms. The molecule has 0 N–H and O–H groups in total. The molecule has 0 spiro atoms. The maximum absolute atomic E-state index is 14.0. The van der Waals surface area contributed by atoms with Gasteiger partial charge in [0, 0.05) is 12.1 Å². The number of halogens is 2. The summed E-state index contributed by atoms with van der Waals surface area (Å²) in [6.07, 6.45) is 3.83. The summed E-state index contributed by atoms with van der Waals surface area (Å²) in [5, 5.41) is 0.0579. The fourth-order valence-electron chi connectivity index (χ4n) is 2.32.